The molecule has 1 saturated heterocycles. The number of aryl methyl sites for hydroxylation is 1. The second kappa shape index (κ2) is 5.17. The van der Waals surface area contributed by atoms with Crippen molar-refractivity contribution in [3.05, 3.63) is 23.4 Å². The van der Waals surface area contributed by atoms with E-state index in [0.29, 0.717) is 12.1 Å². The smallest absolute Gasteiger partial charge is 0.337 e. The first-order chi connectivity index (χ1) is 8.90. The SMILES string of the molecule is Cc1cc(C(=O)O)cnc1N1CC(C)N(C)C(C)C1. The molecular weight excluding hydrogens is 242 g/mol. The summed E-state index contributed by atoms with van der Waals surface area (Å²) in [6, 6.07) is 2.62. The van der Waals surface area contributed by atoms with E-state index in [1.807, 2.05) is 6.92 Å². The largest absolute Gasteiger partial charge is 0.478 e. The molecule has 5 nitrogen and oxygen atoms in total. The predicted octanol–water partition coefficient (Wildman–Crippen LogP) is 1.62. The number of anilines is 1. The third-order valence-electron chi connectivity index (χ3n) is 3.96. The number of likely N-dealkylation sites (N-methyl/N-ethyl adjacent to an activating group) is 1. The zero-order valence-electron chi connectivity index (χ0n) is 11.9. The standard InChI is InChI=1S/C14H21N3O2/c1-9-5-12(14(18)19)6-15-13(9)17-7-10(2)16(4)11(3)8-17/h5-6,10-11H,7-8H2,1-4H3,(H,18,19). The number of aromatic nitrogens is 1. The third-order valence-corrected chi connectivity index (χ3v) is 3.96. The molecular formula is C14H21N3O2. The van der Waals surface area contributed by atoms with Crippen LogP contribution in [0.1, 0.15) is 29.8 Å². The molecule has 0 radical (unpaired) electrons. The van der Waals surface area contributed by atoms with E-state index < -0.39 is 5.97 Å². The van der Waals surface area contributed by atoms with Crippen LogP contribution < -0.4 is 4.90 Å². The lowest BCUT2D eigenvalue weighted by atomic mass is 10.1. The average Bonchev–Trinajstić information content (AvgIpc) is 2.35. The minimum atomic E-state index is -0.928. The van der Waals surface area contributed by atoms with E-state index in [0.717, 1.165) is 24.5 Å². The van der Waals surface area contributed by atoms with Crippen LogP contribution in [0.5, 0.6) is 0 Å². The zero-order chi connectivity index (χ0) is 14.2. The van der Waals surface area contributed by atoms with Crippen molar-refractivity contribution < 1.29 is 9.90 Å². The summed E-state index contributed by atoms with van der Waals surface area (Å²) in [5.41, 5.74) is 1.17. The van der Waals surface area contributed by atoms with Crippen molar-refractivity contribution in [1.29, 1.82) is 0 Å². The predicted molar refractivity (Wildman–Crippen MR) is 74.8 cm³/mol. The Kier molecular flexibility index (Phi) is 3.75. The molecule has 5 heteroatoms. The minimum absolute atomic E-state index is 0.247. The van der Waals surface area contributed by atoms with Crippen LogP contribution in [0.25, 0.3) is 0 Å². The van der Waals surface area contributed by atoms with E-state index >= 15 is 0 Å². The van der Waals surface area contributed by atoms with Crippen LogP contribution in [0.3, 0.4) is 0 Å². The normalized spacial score (nSPS) is 24.5. The molecule has 2 unspecified atom stereocenters. The summed E-state index contributed by atoms with van der Waals surface area (Å²) in [4.78, 5) is 19.9. The first-order valence-corrected chi connectivity index (χ1v) is 6.57. The lowest BCUT2D eigenvalue weighted by Gasteiger charge is -2.43. The minimum Gasteiger partial charge on any atom is -0.478 e. The topological polar surface area (TPSA) is 56.7 Å². The summed E-state index contributed by atoms with van der Waals surface area (Å²) in [5, 5.41) is 8.97. The van der Waals surface area contributed by atoms with Crippen molar-refractivity contribution in [2.24, 2.45) is 0 Å². The van der Waals surface area contributed by atoms with Crippen LogP contribution in [0, 0.1) is 6.92 Å². The van der Waals surface area contributed by atoms with Gasteiger partial charge in [-0.15, -0.1) is 0 Å². The Morgan fingerprint density at radius 2 is 1.95 bits per heavy atom. The van der Waals surface area contributed by atoms with Crippen LogP contribution in [-0.4, -0.2) is 53.2 Å². The first-order valence-electron chi connectivity index (χ1n) is 6.57. The average molecular weight is 263 g/mol. The number of pyridine rings is 1. The molecule has 0 spiro atoms. The Hall–Kier alpha value is -1.62. The van der Waals surface area contributed by atoms with Gasteiger partial charge in [0.2, 0.25) is 0 Å². The van der Waals surface area contributed by atoms with Gasteiger partial charge in [-0.3, -0.25) is 4.90 Å². The Bertz CT molecular complexity index is 478. The molecule has 0 amide bonds. The van der Waals surface area contributed by atoms with Gasteiger partial charge in [0, 0.05) is 31.4 Å². The number of hydrogen-bond acceptors (Lipinski definition) is 4. The molecule has 1 aromatic rings. The van der Waals surface area contributed by atoms with Crippen molar-refractivity contribution in [2.45, 2.75) is 32.9 Å². The second-order valence-corrected chi connectivity index (χ2v) is 5.44. The fourth-order valence-corrected chi connectivity index (χ4v) is 2.59. The summed E-state index contributed by atoms with van der Waals surface area (Å²) in [6.07, 6.45) is 1.44. The lowest BCUT2D eigenvalue weighted by molar-refractivity contribution is 0.0696. The third kappa shape index (κ3) is 2.71. The quantitative estimate of drug-likeness (QED) is 0.878. The van der Waals surface area contributed by atoms with E-state index in [2.05, 4.69) is 35.7 Å². The van der Waals surface area contributed by atoms with Gasteiger partial charge in [-0.1, -0.05) is 0 Å². The number of hydrogen-bond donors (Lipinski definition) is 1. The van der Waals surface area contributed by atoms with Gasteiger partial charge in [-0.2, -0.15) is 0 Å². The molecule has 0 aliphatic carbocycles. The summed E-state index contributed by atoms with van der Waals surface area (Å²) in [7, 11) is 2.14. The highest BCUT2D eigenvalue weighted by Crippen LogP contribution is 2.23. The van der Waals surface area contributed by atoms with Gasteiger partial charge >= 0.3 is 5.97 Å². The molecule has 0 aromatic carbocycles. The van der Waals surface area contributed by atoms with E-state index in [1.54, 1.807) is 6.07 Å². The van der Waals surface area contributed by atoms with Crippen molar-refractivity contribution in [3.8, 4) is 0 Å². The monoisotopic (exact) mass is 263 g/mol. The number of aromatic carboxylic acids is 1. The molecule has 2 rings (SSSR count). The molecule has 2 atom stereocenters. The number of carbonyl (C=O) groups is 1. The highest BCUT2D eigenvalue weighted by Gasteiger charge is 2.28. The molecule has 1 N–H and O–H groups in total. The van der Waals surface area contributed by atoms with Crippen LogP contribution in [0.2, 0.25) is 0 Å². The number of carboxylic acids is 1. The van der Waals surface area contributed by atoms with Gasteiger partial charge < -0.3 is 10.0 Å². The highest BCUT2D eigenvalue weighted by atomic mass is 16.4. The molecule has 19 heavy (non-hydrogen) atoms. The van der Waals surface area contributed by atoms with E-state index in [4.69, 9.17) is 5.11 Å². The number of rotatable bonds is 2. The van der Waals surface area contributed by atoms with E-state index in [1.165, 1.54) is 6.20 Å². The molecule has 2 heterocycles. The van der Waals surface area contributed by atoms with Gasteiger partial charge in [-0.25, -0.2) is 9.78 Å². The number of carboxylic acid groups (broad SMARTS) is 1. The molecule has 1 aromatic heterocycles. The van der Waals surface area contributed by atoms with Gasteiger partial charge in [0.05, 0.1) is 5.56 Å². The van der Waals surface area contributed by atoms with Crippen LogP contribution in [-0.2, 0) is 0 Å². The molecule has 0 saturated carbocycles. The van der Waals surface area contributed by atoms with Crippen molar-refractivity contribution in [3.63, 3.8) is 0 Å². The lowest BCUT2D eigenvalue weighted by Crippen LogP contribution is -2.55. The highest BCUT2D eigenvalue weighted by molar-refractivity contribution is 5.87. The molecule has 1 aliphatic rings. The summed E-state index contributed by atoms with van der Waals surface area (Å²) in [5.74, 6) is -0.0286. The van der Waals surface area contributed by atoms with E-state index in [9.17, 15) is 4.79 Å². The number of nitrogens with zero attached hydrogens (tertiary/aromatic N) is 3. The molecule has 1 fully saturated rings. The van der Waals surface area contributed by atoms with Crippen molar-refractivity contribution in [1.82, 2.24) is 9.88 Å². The van der Waals surface area contributed by atoms with E-state index in [-0.39, 0.29) is 5.56 Å². The molecule has 104 valence electrons. The summed E-state index contributed by atoms with van der Waals surface area (Å²) >= 11 is 0. The van der Waals surface area contributed by atoms with Crippen LogP contribution >= 0.6 is 0 Å². The Morgan fingerprint density at radius 1 is 1.37 bits per heavy atom. The second-order valence-electron chi connectivity index (χ2n) is 5.44. The zero-order valence-corrected chi connectivity index (χ0v) is 11.9. The Labute approximate surface area is 113 Å². The van der Waals surface area contributed by atoms with Gasteiger partial charge in [-0.05, 0) is 39.4 Å². The van der Waals surface area contributed by atoms with Gasteiger partial charge in [0.25, 0.3) is 0 Å². The maximum atomic E-state index is 10.9. The van der Waals surface area contributed by atoms with Gasteiger partial charge in [0.15, 0.2) is 0 Å². The number of piperazine rings is 1. The van der Waals surface area contributed by atoms with Gasteiger partial charge in [0.1, 0.15) is 5.82 Å². The van der Waals surface area contributed by atoms with Crippen molar-refractivity contribution >= 4 is 11.8 Å². The van der Waals surface area contributed by atoms with Crippen molar-refractivity contribution in [2.75, 3.05) is 25.0 Å². The fourth-order valence-electron chi connectivity index (χ4n) is 2.59. The molecule has 1 aliphatic heterocycles. The maximum absolute atomic E-state index is 10.9. The maximum Gasteiger partial charge on any atom is 0.337 e. The Morgan fingerprint density at radius 3 is 2.42 bits per heavy atom. The molecule has 0 bridgehead atoms. The fraction of sp³-hybridized carbons (Fsp3) is 0.571. The first kappa shape index (κ1) is 13.8. The van der Waals surface area contributed by atoms with Crippen LogP contribution in [0.15, 0.2) is 12.3 Å². The Balaban J connectivity index is 2.25. The van der Waals surface area contributed by atoms with Crippen LogP contribution in [0.4, 0.5) is 5.82 Å². The summed E-state index contributed by atoms with van der Waals surface area (Å²) < 4.78 is 0. The summed E-state index contributed by atoms with van der Waals surface area (Å²) in [6.45, 7) is 8.15.